The fourth-order valence-corrected chi connectivity index (χ4v) is 4.37. The lowest BCUT2D eigenvalue weighted by Gasteiger charge is -2.40. The first-order valence-electron chi connectivity index (χ1n) is 12.0. The summed E-state index contributed by atoms with van der Waals surface area (Å²) in [4.78, 5) is 32.1. The molecule has 0 saturated carbocycles. The van der Waals surface area contributed by atoms with Gasteiger partial charge in [0.25, 0.3) is 5.91 Å². The van der Waals surface area contributed by atoms with Crippen LogP contribution in [-0.2, 0) is 19.2 Å². The van der Waals surface area contributed by atoms with Gasteiger partial charge in [0, 0.05) is 12.5 Å². The van der Waals surface area contributed by atoms with Gasteiger partial charge in [0.15, 0.2) is 5.71 Å². The van der Waals surface area contributed by atoms with Gasteiger partial charge in [-0.1, -0.05) is 35.0 Å². The topological polar surface area (TPSA) is 150 Å². The third-order valence-electron chi connectivity index (χ3n) is 6.31. The number of nitrogens with zero attached hydrogens (tertiary/aromatic N) is 2. The van der Waals surface area contributed by atoms with E-state index in [0.717, 1.165) is 16.9 Å². The monoisotopic (exact) mass is 513 g/mol. The van der Waals surface area contributed by atoms with Crippen molar-refractivity contribution < 1.29 is 39.2 Å². The summed E-state index contributed by atoms with van der Waals surface area (Å²) in [5.74, 6) is -0.186. The van der Waals surface area contributed by atoms with Crippen molar-refractivity contribution in [1.29, 1.82) is 0 Å². The van der Waals surface area contributed by atoms with Crippen molar-refractivity contribution in [2.24, 2.45) is 5.16 Å². The van der Waals surface area contributed by atoms with E-state index in [1.165, 1.54) is 11.8 Å². The Kier molecular flexibility index (Phi) is 8.08. The van der Waals surface area contributed by atoms with Crippen molar-refractivity contribution in [2.75, 3.05) is 24.7 Å². The van der Waals surface area contributed by atoms with Crippen LogP contribution in [0.2, 0.25) is 0 Å². The third-order valence-corrected chi connectivity index (χ3v) is 6.31. The number of carbonyl (C=O) groups is 2. The normalized spacial score (nSPS) is 26.2. The molecule has 5 atom stereocenters. The van der Waals surface area contributed by atoms with Gasteiger partial charge in [-0.15, -0.1) is 0 Å². The van der Waals surface area contributed by atoms with E-state index in [0.29, 0.717) is 11.3 Å². The Morgan fingerprint density at radius 3 is 2.62 bits per heavy atom. The van der Waals surface area contributed by atoms with Crippen LogP contribution in [0, 0.1) is 13.8 Å². The standard InChI is InChI=1S/C26H31N3O8/c1-14-8-9-18-17(12-14)21(25(34)29(18)10-11-35-19-7-5-4-6-15(19)2)28-37-26-22(27-16(3)31)24(33)23(32)20(13-30)36-26/h4-9,12,20,22-24,26,30,32-33H,10-11,13H2,1-3H3,(H,27,31)/b28-21-/t20-,22+,23+,24-,26+/m1/s1. The Bertz CT molecular complexity index is 1190. The van der Waals surface area contributed by atoms with Gasteiger partial charge in [-0.25, -0.2) is 0 Å². The number of oxime groups is 1. The minimum absolute atomic E-state index is 0.0147. The zero-order valence-corrected chi connectivity index (χ0v) is 20.8. The van der Waals surface area contributed by atoms with Crippen LogP contribution in [0.5, 0.6) is 5.75 Å². The molecule has 2 aromatic carbocycles. The molecule has 4 rings (SSSR count). The number of hydrogen-bond acceptors (Lipinski definition) is 9. The molecule has 1 saturated heterocycles. The number of nitrogens with one attached hydrogen (secondary N) is 1. The number of ether oxygens (including phenoxy) is 2. The second-order valence-corrected chi connectivity index (χ2v) is 9.07. The summed E-state index contributed by atoms with van der Waals surface area (Å²) in [6.45, 7) is 4.96. The Morgan fingerprint density at radius 2 is 1.92 bits per heavy atom. The van der Waals surface area contributed by atoms with Crippen LogP contribution < -0.4 is 15.0 Å². The molecule has 2 aliphatic heterocycles. The summed E-state index contributed by atoms with van der Waals surface area (Å²) in [6, 6.07) is 11.9. The van der Waals surface area contributed by atoms with Gasteiger partial charge in [-0.3, -0.25) is 9.59 Å². The van der Waals surface area contributed by atoms with Gasteiger partial charge >= 0.3 is 0 Å². The summed E-state index contributed by atoms with van der Waals surface area (Å²) in [5, 5.41) is 36.7. The Labute approximate surface area is 214 Å². The molecule has 2 aromatic rings. The molecule has 2 aliphatic rings. The molecular formula is C26H31N3O8. The first-order valence-corrected chi connectivity index (χ1v) is 12.0. The van der Waals surface area contributed by atoms with Crippen LogP contribution in [0.4, 0.5) is 5.69 Å². The van der Waals surface area contributed by atoms with Crippen molar-refractivity contribution in [1.82, 2.24) is 5.32 Å². The van der Waals surface area contributed by atoms with Gasteiger partial charge < -0.3 is 39.8 Å². The number of fused-ring (bicyclic) bond motifs is 1. The minimum atomic E-state index is -1.50. The van der Waals surface area contributed by atoms with Crippen molar-refractivity contribution in [3.8, 4) is 5.75 Å². The smallest absolute Gasteiger partial charge is 0.281 e. The van der Waals surface area contributed by atoms with Crippen LogP contribution in [0.15, 0.2) is 47.6 Å². The fourth-order valence-electron chi connectivity index (χ4n) is 4.37. The van der Waals surface area contributed by atoms with E-state index < -0.39 is 49.1 Å². The number of anilines is 1. The average Bonchev–Trinajstić information content (AvgIpc) is 3.12. The maximum Gasteiger partial charge on any atom is 0.281 e. The minimum Gasteiger partial charge on any atom is -0.491 e. The molecule has 11 heteroatoms. The molecule has 0 bridgehead atoms. The highest BCUT2D eigenvalue weighted by molar-refractivity contribution is 6.54. The van der Waals surface area contributed by atoms with E-state index in [1.807, 2.05) is 50.2 Å². The lowest BCUT2D eigenvalue weighted by atomic mass is 9.97. The molecule has 0 aliphatic carbocycles. The summed E-state index contributed by atoms with van der Waals surface area (Å²) in [5.41, 5.74) is 3.09. The number of hydrogen-bond donors (Lipinski definition) is 4. The van der Waals surface area contributed by atoms with Gasteiger partial charge in [0.1, 0.15) is 36.7 Å². The molecular weight excluding hydrogens is 482 g/mol. The lowest BCUT2D eigenvalue weighted by molar-refractivity contribution is -0.270. The number of amides is 2. The van der Waals surface area contributed by atoms with E-state index >= 15 is 0 Å². The van der Waals surface area contributed by atoms with Crippen molar-refractivity contribution in [2.45, 2.75) is 51.4 Å². The highest BCUT2D eigenvalue weighted by atomic mass is 16.8. The van der Waals surface area contributed by atoms with Crippen molar-refractivity contribution in [3.63, 3.8) is 0 Å². The first-order chi connectivity index (χ1) is 17.7. The number of carbonyl (C=O) groups excluding carboxylic acids is 2. The fraction of sp³-hybridized carbons (Fsp3) is 0.423. The van der Waals surface area contributed by atoms with Gasteiger partial charge in [0.2, 0.25) is 12.2 Å². The lowest BCUT2D eigenvalue weighted by Crippen LogP contribution is -2.64. The van der Waals surface area contributed by atoms with E-state index in [-0.39, 0.29) is 18.9 Å². The van der Waals surface area contributed by atoms with Gasteiger partial charge in [0.05, 0.1) is 18.8 Å². The van der Waals surface area contributed by atoms with Crippen LogP contribution in [0.3, 0.4) is 0 Å². The number of aryl methyl sites for hydroxylation is 2. The molecule has 1 fully saturated rings. The quantitative estimate of drug-likeness (QED) is 0.371. The Balaban J connectivity index is 1.55. The number of para-hydroxylation sites is 1. The number of aliphatic hydroxyl groups excluding tert-OH is 3. The molecule has 198 valence electrons. The molecule has 0 radical (unpaired) electrons. The van der Waals surface area contributed by atoms with E-state index in [2.05, 4.69) is 10.5 Å². The predicted molar refractivity (Wildman–Crippen MR) is 133 cm³/mol. The Hall–Kier alpha value is -3.51. The van der Waals surface area contributed by atoms with E-state index in [1.54, 1.807) is 6.07 Å². The van der Waals surface area contributed by atoms with Gasteiger partial charge in [-0.2, -0.15) is 0 Å². The molecule has 11 nitrogen and oxygen atoms in total. The maximum atomic E-state index is 13.4. The third kappa shape index (κ3) is 5.59. The molecule has 0 unspecified atom stereocenters. The molecule has 0 spiro atoms. The van der Waals surface area contributed by atoms with Crippen LogP contribution in [0.1, 0.15) is 23.6 Å². The number of rotatable bonds is 8. The van der Waals surface area contributed by atoms with Gasteiger partial charge in [-0.05, 0) is 37.6 Å². The number of aliphatic hydroxyl groups is 3. The molecule has 2 heterocycles. The maximum absolute atomic E-state index is 13.4. The first kappa shape index (κ1) is 26.6. The largest absolute Gasteiger partial charge is 0.491 e. The summed E-state index contributed by atoms with van der Waals surface area (Å²) in [6.07, 6.45) is -5.50. The molecule has 37 heavy (non-hydrogen) atoms. The predicted octanol–water partition coefficient (Wildman–Crippen LogP) is 0.393. The average molecular weight is 514 g/mol. The van der Waals surface area contributed by atoms with Crippen molar-refractivity contribution >= 4 is 23.2 Å². The van der Waals surface area contributed by atoms with Crippen LogP contribution >= 0.6 is 0 Å². The second-order valence-electron chi connectivity index (χ2n) is 9.07. The molecule has 0 aromatic heterocycles. The summed E-state index contributed by atoms with van der Waals surface area (Å²) in [7, 11) is 0. The summed E-state index contributed by atoms with van der Waals surface area (Å²) >= 11 is 0. The van der Waals surface area contributed by atoms with Crippen molar-refractivity contribution in [3.05, 3.63) is 59.2 Å². The molecule has 4 N–H and O–H groups in total. The SMILES string of the molecule is CC(=O)N[C@@H]1[C@H](O/N=C2\C(=O)N(CCOc3ccccc3C)c3ccc(C)cc32)O[C@H](CO)[C@H](O)[C@@H]1O. The molecule has 2 amide bonds. The van der Waals surface area contributed by atoms with Crippen LogP contribution in [0.25, 0.3) is 0 Å². The zero-order valence-electron chi connectivity index (χ0n) is 20.8. The second kappa shape index (κ2) is 11.3. The summed E-state index contributed by atoms with van der Waals surface area (Å²) < 4.78 is 11.4. The number of benzene rings is 2. The zero-order chi connectivity index (χ0) is 26.7. The van der Waals surface area contributed by atoms with E-state index in [9.17, 15) is 24.9 Å². The highest BCUT2D eigenvalue weighted by Gasteiger charge is 2.46. The highest BCUT2D eigenvalue weighted by Crippen LogP contribution is 2.31. The van der Waals surface area contributed by atoms with E-state index in [4.69, 9.17) is 14.3 Å². The Morgan fingerprint density at radius 1 is 1.16 bits per heavy atom. The van der Waals surface area contributed by atoms with Crippen LogP contribution in [-0.4, -0.2) is 83.2 Å².